The molecule has 3 aromatic rings. The minimum atomic E-state index is -0.266. The van der Waals surface area contributed by atoms with Crippen molar-refractivity contribution in [3.63, 3.8) is 0 Å². The van der Waals surface area contributed by atoms with Crippen LogP contribution in [0.4, 0.5) is 5.69 Å². The number of benzene rings is 2. The van der Waals surface area contributed by atoms with Crippen LogP contribution < -0.4 is 10.6 Å². The van der Waals surface area contributed by atoms with E-state index >= 15 is 0 Å². The van der Waals surface area contributed by atoms with Crippen LogP contribution in [0.15, 0.2) is 60.7 Å². The van der Waals surface area contributed by atoms with E-state index in [1.807, 2.05) is 49.4 Å². The Labute approximate surface area is 151 Å². The van der Waals surface area contributed by atoms with Crippen molar-refractivity contribution in [1.82, 2.24) is 15.1 Å². The number of carbonyl (C=O) groups excluding carboxylic acids is 2. The third kappa shape index (κ3) is 4.16. The molecule has 1 heterocycles. The molecule has 26 heavy (non-hydrogen) atoms. The predicted molar refractivity (Wildman–Crippen MR) is 100 cm³/mol. The molecule has 0 radical (unpaired) electrons. The Kier molecular flexibility index (Phi) is 5.12. The van der Waals surface area contributed by atoms with Crippen molar-refractivity contribution < 1.29 is 9.59 Å². The van der Waals surface area contributed by atoms with Crippen LogP contribution in [0, 0.1) is 6.92 Å². The molecule has 0 bridgehead atoms. The van der Waals surface area contributed by atoms with E-state index in [1.165, 1.54) is 6.92 Å². The Morgan fingerprint density at radius 2 is 1.73 bits per heavy atom. The lowest BCUT2D eigenvalue weighted by Gasteiger charge is -2.06. The zero-order valence-electron chi connectivity index (χ0n) is 14.7. The third-order valence-electron chi connectivity index (χ3n) is 3.87. The fourth-order valence-corrected chi connectivity index (χ4v) is 2.54. The average Bonchev–Trinajstić information content (AvgIpc) is 3.04. The molecule has 0 aliphatic heterocycles. The molecule has 0 aliphatic rings. The highest BCUT2D eigenvalue weighted by atomic mass is 16.2. The summed E-state index contributed by atoms with van der Waals surface area (Å²) in [6, 6.07) is 18.8. The van der Waals surface area contributed by atoms with Gasteiger partial charge in [0.15, 0.2) is 5.69 Å². The Morgan fingerprint density at radius 1 is 1.04 bits per heavy atom. The predicted octanol–water partition coefficient (Wildman–Crippen LogP) is 3.07. The zero-order chi connectivity index (χ0) is 18.5. The molecule has 0 unspecified atom stereocenters. The highest BCUT2D eigenvalue weighted by molar-refractivity contribution is 6.03. The van der Waals surface area contributed by atoms with Gasteiger partial charge in [0.25, 0.3) is 5.91 Å². The molecule has 2 N–H and O–H groups in total. The number of hydrogen-bond donors (Lipinski definition) is 2. The van der Waals surface area contributed by atoms with Crippen molar-refractivity contribution in [2.75, 3.05) is 5.32 Å². The lowest BCUT2D eigenvalue weighted by atomic mass is 10.2. The number of rotatable bonds is 5. The van der Waals surface area contributed by atoms with Gasteiger partial charge in [-0.05, 0) is 42.8 Å². The van der Waals surface area contributed by atoms with Gasteiger partial charge >= 0.3 is 0 Å². The number of amides is 2. The van der Waals surface area contributed by atoms with Crippen LogP contribution in [0.1, 0.15) is 28.7 Å². The smallest absolute Gasteiger partial charge is 0.276 e. The molecule has 6 heteroatoms. The Balaban J connectivity index is 1.69. The highest BCUT2D eigenvalue weighted by Crippen LogP contribution is 2.14. The molecule has 0 aliphatic carbocycles. The number of nitrogens with one attached hydrogen (secondary N) is 2. The SMILES string of the molecule is CC(=O)NCc1ccc(NC(=O)c2cc(C)n(-c3ccccc3)n2)cc1. The molecule has 0 spiro atoms. The van der Waals surface area contributed by atoms with Crippen molar-refractivity contribution in [2.45, 2.75) is 20.4 Å². The van der Waals surface area contributed by atoms with Crippen molar-refractivity contribution in [2.24, 2.45) is 0 Å². The van der Waals surface area contributed by atoms with Gasteiger partial charge in [0, 0.05) is 24.8 Å². The van der Waals surface area contributed by atoms with Gasteiger partial charge in [0.1, 0.15) is 0 Å². The maximum atomic E-state index is 12.5. The summed E-state index contributed by atoms with van der Waals surface area (Å²) in [5.41, 5.74) is 3.78. The molecule has 0 saturated heterocycles. The van der Waals surface area contributed by atoms with Gasteiger partial charge in [-0.1, -0.05) is 30.3 Å². The number of para-hydroxylation sites is 1. The first-order valence-electron chi connectivity index (χ1n) is 8.30. The van der Waals surface area contributed by atoms with Crippen LogP contribution in [0.3, 0.4) is 0 Å². The average molecular weight is 348 g/mol. The monoisotopic (exact) mass is 348 g/mol. The number of hydrogen-bond acceptors (Lipinski definition) is 3. The topological polar surface area (TPSA) is 76.0 Å². The summed E-state index contributed by atoms with van der Waals surface area (Å²) < 4.78 is 1.74. The molecule has 6 nitrogen and oxygen atoms in total. The van der Waals surface area contributed by atoms with Gasteiger partial charge in [0.2, 0.25) is 5.91 Å². The van der Waals surface area contributed by atoms with Gasteiger partial charge in [-0.25, -0.2) is 4.68 Å². The number of anilines is 1. The van der Waals surface area contributed by atoms with Crippen LogP contribution in [-0.4, -0.2) is 21.6 Å². The van der Waals surface area contributed by atoms with Crippen LogP contribution in [0.2, 0.25) is 0 Å². The minimum Gasteiger partial charge on any atom is -0.352 e. The molecule has 0 atom stereocenters. The second-order valence-electron chi connectivity index (χ2n) is 5.98. The number of nitrogens with zero attached hydrogens (tertiary/aromatic N) is 2. The standard InChI is InChI=1S/C20H20N4O2/c1-14-12-19(23-24(14)18-6-4-3-5-7-18)20(26)22-17-10-8-16(9-11-17)13-21-15(2)25/h3-12H,13H2,1-2H3,(H,21,25)(H,22,26). The summed E-state index contributed by atoms with van der Waals surface area (Å²) >= 11 is 0. The van der Waals surface area contributed by atoms with Gasteiger partial charge in [-0.2, -0.15) is 5.10 Å². The molecule has 3 rings (SSSR count). The molecule has 1 aromatic heterocycles. The summed E-state index contributed by atoms with van der Waals surface area (Å²) in [6.07, 6.45) is 0. The van der Waals surface area contributed by atoms with E-state index in [0.717, 1.165) is 16.9 Å². The van der Waals surface area contributed by atoms with Crippen LogP contribution in [-0.2, 0) is 11.3 Å². The lowest BCUT2D eigenvalue weighted by Crippen LogP contribution is -2.18. The summed E-state index contributed by atoms with van der Waals surface area (Å²) in [5.74, 6) is -0.343. The first kappa shape index (κ1) is 17.4. The van der Waals surface area contributed by atoms with E-state index in [9.17, 15) is 9.59 Å². The first-order valence-corrected chi connectivity index (χ1v) is 8.30. The largest absolute Gasteiger partial charge is 0.352 e. The zero-order valence-corrected chi connectivity index (χ0v) is 14.7. The normalized spacial score (nSPS) is 10.4. The fraction of sp³-hybridized carbons (Fsp3) is 0.150. The molecule has 2 aromatic carbocycles. The summed E-state index contributed by atoms with van der Waals surface area (Å²) in [6.45, 7) is 3.85. The second kappa shape index (κ2) is 7.65. The lowest BCUT2D eigenvalue weighted by molar-refractivity contribution is -0.119. The van der Waals surface area contributed by atoms with Gasteiger partial charge in [0.05, 0.1) is 5.69 Å². The third-order valence-corrected chi connectivity index (χ3v) is 3.87. The van der Waals surface area contributed by atoms with Gasteiger partial charge in [-0.15, -0.1) is 0 Å². The van der Waals surface area contributed by atoms with Crippen LogP contribution in [0.25, 0.3) is 5.69 Å². The van der Waals surface area contributed by atoms with Crippen molar-refractivity contribution >= 4 is 17.5 Å². The maximum Gasteiger partial charge on any atom is 0.276 e. The Bertz CT molecular complexity index is 915. The Morgan fingerprint density at radius 3 is 2.38 bits per heavy atom. The van der Waals surface area contributed by atoms with E-state index < -0.39 is 0 Å². The van der Waals surface area contributed by atoms with Crippen molar-refractivity contribution in [1.29, 1.82) is 0 Å². The second-order valence-corrected chi connectivity index (χ2v) is 5.98. The van der Waals surface area contributed by atoms with Crippen LogP contribution >= 0.6 is 0 Å². The molecule has 2 amide bonds. The number of aryl methyl sites for hydroxylation is 1. The molecule has 0 saturated carbocycles. The van der Waals surface area contributed by atoms with Gasteiger partial charge < -0.3 is 10.6 Å². The Hall–Kier alpha value is -3.41. The summed E-state index contributed by atoms with van der Waals surface area (Å²) in [5, 5.41) is 9.97. The van der Waals surface area contributed by atoms with E-state index in [-0.39, 0.29) is 11.8 Å². The molecule has 0 fully saturated rings. The van der Waals surface area contributed by atoms with Crippen molar-refractivity contribution in [3.8, 4) is 5.69 Å². The van der Waals surface area contributed by atoms with Crippen LogP contribution in [0.5, 0.6) is 0 Å². The molecular weight excluding hydrogens is 328 g/mol. The number of aromatic nitrogens is 2. The van der Waals surface area contributed by atoms with E-state index in [1.54, 1.807) is 22.9 Å². The van der Waals surface area contributed by atoms with E-state index in [2.05, 4.69) is 15.7 Å². The van der Waals surface area contributed by atoms with E-state index in [0.29, 0.717) is 17.9 Å². The first-order chi connectivity index (χ1) is 12.5. The maximum absolute atomic E-state index is 12.5. The summed E-state index contributed by atoms with van der Waals surface area (Å²) in [4.78, 5) is 23.4. The minimum absolute atomic E-state index is 0.0771. The fourth-order valence-electron chi connectivity index (χ4n) is 2.54. The van der Waals surface area contributed by atoms with Gasteiger partial charge in [-0.3, -0.25) is 9.59 Å². The molecule has 132 valence electrons. The quantitative estimate of drug-likeness (QED) is 0.744. The summed E-state index contributed by atoms with van der Waals surface area (Å²) in [7, 11) is 0. The molecular formula is C20H20N4O2. The highest BCUT2D eigenvalue weighted by Gasteiger charge is 2.13. The number of carbonyl (C=O) groups is 2. The van der Waals surface area contributed by atoms with E-state index in [4.69, 9.17) is 0 Å². The van der Waals surface area contributed by atoms with Crippen molar-refractivity contribution in [3.05, 3.63) is 77.6 Å².